The molecule has 0 radical (unpaired) electrons. The molecule has 0 saturated carbocycles. The molecule has 1 aromatic heterocycles. The molecular weight excluding hydrogens is 374 g/mol. The molecule has 0 aliphatic carbocycles. The van der Waals surface area contributed by atoms with Crippen LogP contribution in [0, 0.1) is 0 Å². The summed E-state index contributed by atoms with van der Waals surface area (Å²) in [5.41, 5.74) is 0. The second kappa shape index (κ2) is 8.40. The van der Waals surface area contributed by atoms with Gasteiger partial charge < -0.3 is 5.32 Å². The van der Waals surface area contributed by atoms with Crippen LogP contribution in [0.1, 0.15) is 0 Å². The molecule has 0 fully saturated rings. The fourth-order valence-corrected chi connectivity index (χ4v) is 3.13. The molecule has 2 aromatic rings. The van der Waals surface area contributed by atoms with E-state index in [0.717, 1.165) is 10.2 Å². The number of hydrogen-bond donors (Lipinski definition) is 1. The number of tetrazole rings is 1. The largest absolute Gasteiger partial charge is 0.355 e. The highest BCUT2D eigenvalue weighted by molar-refractivity contribution is 9.10. The van der Waals surface area contributed by atoms with E-state index in [4.69, 9.17) is 0 Å². The van der Waals surface area contributed by atoms with Crippen molar-refractivity contribution in [2.75, 3.05) is 18.1 Å². The van der Waals surface area contributed by atoms with E-state index in [1.54, 1.807) is 23.5 Å². The molecule has 0 spiro atoms. The first-order valence-corrected chi connectivity index (χ1v) is 8.92. The number of aryl methyl sites for hydroxylation is 1. The molecule has 1 aromatic carbocycles. The van der Waals surface area contributed by atoms with Crippen LogP contribution in [0.3, 0.4) is 0 Å². The predicted octanol–water partition coefficient (Wildman–Crippen LogP) is 1.97. The number of hydrogen-bond acceptors (Lipinski definition) is 6. The van der Waals surface area contributed by atoms with Crippen LogP contribution in [0.25, 0.3) is 0 Å². The molecule has 21 heavy (non-hydrogen) atoms. The number of aromatic nitrogens is 4. The average Bonchev–Trinajstić information content (AvgIpc) is 2.89. The van der Waals surface area contributed by atoms with Gasteiger partial charge in [0, 0.05) is 28.7 Å². The van der Waals surface area contributed by atoms with Gasteiger partial charge in [-0.15, -0.1) is 16.9 Å². The highest BCUT2D eigenvalue weighted by atomic mass is 79.9. The Bertz CT molecular complexity index is 590. The molecule has 0 aliphatic heterocycles. The minimum atomic E-state index is -0.0144. The third kappa shape index (κ3) is 5.68. The summed E-state index contributed by atoms with van der Waals surface area (Å²) < 4.78 is 2.61. The standard InChI is InChI=1S/C12H14BrN5OS2/c1-18-12(15-16-17-18)21-8-11(19)14-6-7-20-10-4-2-9(13)3-5-10/h2-5H,6-8H2,1H3,(H,14,19). The molecule has 0 atom stereocenters. The van der Waals surface area contributed by atoms with Crippen molar-refractivity contribution in [2.45, 2.75) is 10.1 Å². The van der Waals surface area contributed by atoms with E-state index in [2.05, 4.69) is 36.8 Å². The summed E-state index contributed by atoms with van der Waals surface area (Å²) in [6.45, 7) is 0.636. The SMILES string of the molecule is Cn1nnnc1SCC(=O)NCCSc1ccc(Br)cc1. The van der Waals surface area contributed by atoms with Crippen molar-refractivity contribution < 1.29 is 4.79 Å². The minimum Gasteiger partial charge on any atom is -0.355 e. The summed E-state index contributed by atoms with van der Waals surface area (Å²) in [6.07, 6.45) is 0. The van der Waals surface area contributed by atoms with Crippen molar-refractivity contribution in [2.24, 2.45) is 7.05 Å². The van der Waals surface area contributed by atoms with Gasteiger partial charge in [-0.25, -0.2) is 4.68 Å². The number of rotatable bonds is 7. The van der Waals surface area contributed by atoms with E-state index in [1.165, 1.54) is 16.7 Å². The Morgan fingerprint density at radius 2 is 2.10 bits per heavy atom. The third-order valence-electron chi connectivity index (χ3n) is 2.42. The van der Waals surface area contributed by atoms with E-state index in [0.29, 0.717) is 17.5 Å². The molecule has 1 heterocycles. The third-order valence-corrected chi connectivity index (χ3v) is 4.97. The summed E-state index contributed by atoms with van der Waals surface area (Å²) in [5.74, 6) is 1.14. The van der Waals surface area contributed by atoms with E-state index in [9.17, 15) is 4.79 Å². The van der Waals surface area contributed by atoms with Crippen molar-refractivity contribution >= 4 is 45.4 Å². The number of carbonyl (C=O) groups is 1. The van der Waals surface area contributed by atoms with Crippen molar-refractivity contribution in [1.82, 2.24) is 25.5 Å². The Kier molecular flexibility index (Phi) is 6.52. The van der Waals surface area contributed by atoms with Gasteiger partial charge in [0.15, 0.2) is 0 Å². The number of amides is 1. The summed E-state index contributed by atoms with van der Waals surface area (Å²) in [5, 5.41) is 14.5. The molecule has 1 amide bonds. The Balaban J connectivity index is 1.61. The predicted molar refractivity (Wildman–Crippen MR) is 87.4 cm³/mol. The molecule has 0 unspecified atom stereocenters. The van der Waals surface area contributed by atoms with Crippen LogP contribution in [-0.2, 0) is 11.8 Å². The number of benzene rings is 1. The molecule has 6 nitrogen and oxygen atoms in total. The van der Waals surface area contributed by atoms with Crippen LogP contribution in [0.15, 0.2) is 38.8 Å². The average molecular weight is 388 g/mol. The molecule has 9 heteroatoms. The Morgan fingerprint density at radius 3 is 2.76 bits per heavy atom. The maximum atomic E-state index is 11.7. The van der Waals surface area contributed by atoms with Gasteiger partial charge >= 0.3 is 0 Å². The van der Waals surface area contributed by atoms with Crippen molar-refractivity contribution in [3.05, 3.63) is 28.7 Å². The smallest absolute Gasteiger partial charge is 0.230 e. The van der Waals surface area contributed by atoms with Crippen LogP contribution in [0.5, 0.6) is 0 Å². The van der Waals surface area contributed by atoms with Gasteiger partial charge in [-0.05, 0) is 34.7 Å². The number of thioether (sulfide) groups is 2. The monoisotopic (exact) mass is 387 g/mol. The molecule has 0 bridgehead atoms. The lowest BCUT2D eigenvalue weighted by Gasteiger charge is -2.05. The summed E-state index contributed by atoms with van der Waals surface area (Å²) >= 11 is 6.43. The van der Waals surface area contributed by atoms with Crippen LogP contribution < -0.4 is 5.32 Å². The Labute approximate surface area is 139 Å². The molecule has 0 saturated heterocycles. The quantitative estimate of drug-likeness (QED) is 0.578. The van der Waals surface area contributed by atoms with E-state index in [-0.39, 0.29) is 5.91 Å². The maximum absolute atomic E-state index is 11.7. The first-order valence-electron chi connectivity index (χ1n) is 6.15. The molecule has 0 aliphatic rings. The lowest BCUT2D eigenvalue weighted by molar-refractivity contribution is -0.118. The number of nitrogens with one attached hydrogen (secondary N) is 1. The first-order chi connectivity index (χ1) is 10.1. The zero-order chi connectivity index (χ0) is 15.1. The van der Waals surface area contributed by atoms with Crippen molar-refractivity contribution in [1.29, 1.82) is 0 Å². The van der Waals surface area contributed by atoms with Gasteiger partial charge in [0.05, 0.1) is 5.75 Å². The minimum absolute atomic E-state index is 0.0144. The molecule has 1 N–H and O–H groups in total. The number of carbonyl (C=O) groups excluding carboxylic acids is 1. The van der Waals surface area contributed by atoms with Gasteiger partial charge in [-0.2, -0.15) is 0 Å². The zero-order valence-corrected chi connectivity index (χ0v) is 14.5. The van der Waals surface area contributed by atoms with Crippen LogP contribution in [-0.4, -0.2) is 44.2 Å². The normalized spacial score (nSPS) is 10.6. The van der Waals surface area contributed by atoms with Crippen LogP contribution in [0.4, 0.5) is 0 Å². The van der Waals surface area contributed by atoms with Crippen LogP contribution in [0.2, 0.25) is 0 Å². The topological polar surface area (TPSA) is 72.7 Å². The summed E-state index contributed by atoms with van der Waals surface area (Å²) in [4.78, 5) is 12.9. The first kappa shape index (κ1) is 16.3. The van der Waals surface area contributed by atoms with Gasteiger partial charge in [0.1, 0.15) is 0 Å². The fourth-order valence-electron chi connectivity index (χ4n) is 1.41. The number of halogens is 1. The molecule has 2 rings (SSSR count). The van der Waals surface area contributed by atoms with Crippen LogP contribution >= 0.6 is 39.5 Å². The lowest BCUT2D eigenvalue weighted by atomic mass is 10.4. The van der Waals surface area contributed by atoms with Gasteiger partial charge in [-0.1, -0.05) is 27.7 Å². The van der Waals surface area contributed by atoms with Crippen molar-refractivity contribution in [3.8, 4) is 0 Å². The van der Waals surface area contributed by atoms with Gasteiger partial charge in [-0.3, -0.25) is 4.79 Å². The summed E-state index contributed by atoms with van der Waals surface area (Å²) in [6, 6.07) is 8.11. The molecular formula is C12H14BrN5OS2. The highest BCUT2D eigenvalue weighted by Gasteiger charge is 2.07. The van der Waals surface area contributed by atoms with E-state index < -0.39 is 0 Å². The lowest BCUT2D eigenvalue weighted by Crippen LogP contribution is -2.27. The second-order valence-corrected chi connectivity index (χ2v) is 7.05. The zero-order valence-electron chi connectivity index (χ0n) is 11.3. The Hall–Kier alpha value is -1.06. The molecule has 112 valence electrons. The maximum Gasteiger partial charge on any atom is 0.230 e. The van der Waals surface area contributed by atoms with E-state index >= 15 is 0 Å². The number of nitrogens with zero attached hydrogens (tertiary/aromatic N) is 4. The van der Waals surface area contributed by atoms with Gasteiger partial charge in [0.2, 0.25) is 11.1 Å². The Morgan fingerprint density at radius 1 is 1.33 bits per heavy atom. The second-order valence-electron chi connectivity index (χ2n) is 4.03. The van der Waals surface area contributed by atoms with Gasteiger partial charge in [0.25, 0.3) is 0 Å². The van der Waals surface area contributed by atoms with Crippen molar-refractivity contribution in [3.63, 3.8) is 0 Å². The fraction of sp³-hybridized carbons (Fsp3) is 0.333. The summed E-state index contributed by atoms with van der Waals surface area (Å²) in [7, 11) is 1.75. The highest BCUT2D eigenvalue weighted by Crippen LogP contribution is 2.20. The van der Waals surface area contributed by atoms with E-state index in [1.807, 2.05) is 24.3 Å².